The van der Waals surface area contributed by atoms with E-state index >= 15 is 0 Å². The number of carbonyl (C=O) groups is 2. The van der Waals surface area contributed by atoms with Crippen LogP contribution in [0.3, 0.4) is 0 Å². The third-order valence-corrected chi connectivity index (χ3v) is 3.69. The summed E-state index contributed by atoms with van der Waals surface area (Å²) in [6, 6.07) is 5.02. The normalized spacial score (nSPS) is 15.0. The molecule has 2 amide bonds. The number of nitrogens with zero attached hydrogens (tertiary/aromatic N) is 3. The van der Waals surface area contributed by atoms with Crippen molar-refractivity contribution in [3.05, 3.63) is 29.6 Å². The molecule has 0 spiro atoms. The van der Waals surface area contributed by atoms with Gasteiger partial charge in [0.05, 0.1) is 0 Å². The number of likely N-dealkylation sites (N-methyl/N-ethyl adjacent to an activating group) is 1. The van der Waals surface area contributed by atoms with Crippen LogP contribution in [0.1, 0.15) is 40.2 Å². The third kappa shape index (κ3) is 4.53. The summed E-state index contributed by atoms with van der Waals surface area (Å²) in [6.45, 7) is 2.87. The monoisotopic (exact) mass is 304 g/mol. The molecule has 1 aliphatic rings. The van der Waals surface area contributed by atoms with Crippen LogP contribution >= 0.6 is 0 Å². The number of amides is 2. The minimum atomic E-state index is -0.241. The van der Waals surface area contributed by atoms with Crippen molar-refractivity contribution in [3.8, 4) is 0 Å². The fourth-order valence-electron chi connectivity index (χ4n) is 2.42. The molecule has 1 saturated heterocycles. The topological polar surface area (TPSA) is 65.5 Å². The Balaban J connectivity index is 1.99. The summed E-state index contributed by atoms with van der Waals surface area (Å²) in [5.74, 6) is -0.321. The van der Waals surface area contributed by atoms with E-state index in [0.29, 0.717) is 17.9 Å². The number of piperidine rings is 1. The van der Waals surface area contributed by atoms with Gasteiger partial charge in [0, 0.05) is 26.2 Å². The molecule has 0 aromatic carbocycles. The molecule has 1 N–H and O–H groups in total. The molecule has 1 fully saturated rings. The van der Waals surface area contributed by atoms with Crippen LogP contribution in [-0.2, 0) is 0 Å². The molecule has 0 aliphatic carbocycles. The first-order valence-electron chi connectivity index (χ1n) is 7.77. The van der Waals surface area contributed by atoms with Gasteiger partial charge in [0.15, 0.2) is 0 Å². The Bertz CT molecular complexity index is 525. The molecule has 120 valence electrons. The number of hydrogen-bond donors (Lipinski definition) is 1. The van der Waals surface area contributed by atoms with Gasteiger partial charge in [-0.05, 0) is 45.5 Å². The van der Waals surface area contributed by atoms with Crippen molar-refractivity contribution in [2.24, 2.45) is 0 Å². The summed E-state index contributed by atoms with van der Waals surface area (Å²) in [6.07, 6.45) is 3.25. The second-order valence-electron chi connectivity index (χ2n) is 5.82. The average molecular weight is 304 g/mol. The van der Waals surface area contributed by atoms with Crippen molar-refractivity contribution in [1.82, 2.24) is 20.1 Å². The number of likely N-dealkylation sites (tertiary alicyclic amines) is 1. The van der Waals surface area contributed by atoms with E-state index in [0.717, 1.165) is 32.5 Å². The van der Waals surface area contributed by atoms with Gasteiger partial charge < -0.3 is 15.1 Å². The van der Waals surface area contributed by atoms with Gasteiger partial charge in [-0.15, -0.1) is 0 Å². The van der Waals surface area contributed by atoms with Crippen LogP contribution in [0.4, 0.5) is 0 Å². The largest absolute Gasteiger partial charge is 0.349 e. The summed E-state index contributed by atoms with van der Waals surface area (Å²) in [5.41, 5.74) is 0.642. The van der Waals surface area contributed by atoms with Crippen LogP contribution in [0, 0.1) is 0 Å². The van der Waals surface area contributed by atoms with Gasteiger partial charge >= 0.3 is 0 Å². The van der Waals surface area contributed by atoms with Crippen LogP contribution in [0.25, 0.3) is 0 Å². The van der Waals surface area contributed by atoms with E-state index in [2.05, 4.69) is 10.3 Å². The predicted molar refractivity (Wildman–Crippen MR) is 84.9 cm³/mol. The molecule has 22 heavy (non-hydrogen) atoms. The van der Waals surface area contributed by atoms with E-state index in [9.17, 15) is 9.59 Å². The molecule has 0 bridgehead atoms. The highest BCUT2D eigenvalue weighted by Gasteiger charge is 2.20. The van der Waals surface area contributed by atoms with Crippen LogP contribution in [0.2, 0.25) is 0 Å². The van der Waals surface area contributed by atoms with Gasteiger partial charge in [0.1, 0.15) is 11.4 Å². The molecule has 0 atom stereocenters. The van der Waals surface area contributed by atoms with Crippen LogP contribution < -0.4 is 5.32 Å². The van der Waals surface area contributed by atoms with Crippen molar-refractivity contribution in [1.29, 1.82) is 0 Å². The SMILES string of the molecule is CN(C)CCNC(=O)c1cccc(C(=O)N2CCCCC2)n1. The van der Waals surface area contributed by atoms with Gasteiger partial charge in [0.2, 0.25) is 0 Å². The van der Waals surface area contributed by atoms with E-state index in [4.69, 9.17) is 0 Å². The first kappa shape index (κ1) is 16.4. The molecule has 0 saturated carbocycles. The van der Waals surface area contributed by atoms with E-state index in [1.165, 1.54) is 6.42 Å². The van der Waals surface area contributed by atoms with Gasteiger partial charge in [-0.25, -0.2) is 4.98 Å². The van der Waals surface area contributed by atoms with Crippen LogP contribution in [-0.4, -0.2) is 66.9 Å². The van der Waals surface area contributed by atoms with Gasteiger partial charge in [-0.1, -0.05) is 6.07 Å². The molecular formula is C16H24N4O2. The standard InChI is InChI=1S/C16H24N4O2/c1-19(2)12-9-17-15(21)13-7-6-8-14(18-13)16(22)20-10-4-3-5-11-20/h6-8H,3-5,9-12H2,1-2H3,(H,17,21). The highest BCUT2D eigenvalue weighted by Crippen LogP contribution is 2.12. The Labute approximate surface area is 131 Å². The van der Waals surface area contributed by atoms with Crippen LogP contribution in [0.15, 0.2) is 18.2 Å². The molecular weight excluding hydrogens is 280 g/mol. The van der Waals surface area contributed by atoms with Crippen molar-refractivity contribution in [2.75, 3.05) is 40.3 Å². The lowest BCUT2D eigenvalue weighted by Crippen LogP contribution is -2.36. The predicted octanol–water partition coefficient (Wildman–Crippen LogP) is 0.999. The zero-order valence-corrected chi connectivity index (χ0v) is 13.3. The lowest BCUT2D eigenvalue weighted by Gasteiger charge is -2.26. The molecule has 1 aliphatic heterocycles. The Morgan fingerprint density at radius 3 is 2.55 bits per heavy atom. The summed E-state index contributed by atoms with van der Waals surface area (Å²) >= 11 is 0. The zero-order valence-electron chi connectivity index (χ0n) is 13.3. The second kappa shape index (κ2) is 7.89. The van der Waals surface area contributed by atoms with Crippen molar-refractivity contribution >= 4 is 11.8 Å². The Hall–Kier alpha value is -1.95. The quantitative estimate of drug-likeness (QED) is 0.881. The Morgan fingerprint density at radius 2 is 1.86 bits per heavy atom. The maximum absolute atomic E-state index is 12.4. The van der Waals surface area contributed by atoms with E-state index in [-0.39, 0.29) is 11.8 Å². The van der Waals surface area contributed by atoms with E-state index in [1.807, 2.05) is 23.9 Å². The maximum Gasteiger partial charge on any atom is 0.272 e. The van der Waals surface area contributed by atoms with Crippen molar-refractivity contribution in [2.45, 2.75) is 19.3 Å². The number of hydrogen-bond acceptors (Lipinski definition) is 4. The Kier molecular flexibility index (Phi) is 5.89. The summed E-state index contributed by atoms with van der Waals surface area (Å²) in [5, 5.41) is 2.81. The summed E-state index contributed by atoms with van der Waals surface area (Å²) in [7, 11) is 3.89. The summed E-state index contributed by atoms with van der Waals surface area (Å²) < 4.78 is 0. The fourth-order valence-corrected chi connectivity index (χ4v) is 2.42. The molecule has 6 heteroatoms. The molecule has 0 unspecified atom stereocenters. The van der Waals surface area contributed by atoms with Gasteiger partial charge in [0.25, 0.3) is 11.8 Å². The van der Waals surface area contributed by atoms with Crippen LogP contribution in [0.5, 0.6) is 0 Å². The summed E-state index contributed by atoms with van der Waals surface area (Å²) in [4.78, 5) is 32.5. The number of carbonyl (C=O) groups excluding carboxylic acids is 2. The van der Waals surface area contributed by atoms with E-state index < -0.39 is 0 Å². The molecule has 1 aromatic rings. The molecule has 6 nitrogen and oxygen atoms in total. The minimum absolute atomic E-state index is 0.0809. The van der Waals surface area contributed by atoms with Gasteiger partial charge in [-0.2, -0.15) is 0 Å². The first-order chi connectivity index (χ1) is 10.6. The first-order valence-corrected chi connectivity index (χ1v) is 7.77. The second-order valence-corrected chi connectivity index (χ2v) is 5.82. The Morgan fingerprint density at radius 1 is 1.18 bits per heavy atom. The molecule has 0 radical (unpaired) electrons. The lowest BCUT2D eigenvalue weighted by atomic mass is 10.1. The van der Waals surface area contributed by atoms with Crippen molar-refractivity contribution < 1.29 is 9.59 Å². The number of pyridine rings is 1. The van der Waals surface area contributed by atoms with Gasteiger partial charge in [-0.3, -0.25) is 9.59 Å². The smallest absolute Gasteiger partial charge is 0.272 e. The molecule has 2 rings (SSSR count). The highest BCUT2D eigenvalue weighted by molar-refractivity contribution is 5.96. The minimum Gasteiger partial charge on any atom is -0.349 e. The number of aromatic nitrogens is 1. The molecule has 2 heterocycles. The third-order valence-electron chi connectivity index (χ3n) is 3.69. The zero-order chi connectivity index (χ0) is 15.9. The van der Waals surface area contributed by atoms with E-state index in [1.54, 1.807) is 18.2 Å². The lowest BCUT2D eigenvalue weighted by molar-refractivity contribution is 0.0718. The highest BCUT2D eigenvalue weighted by atomic mass is 16.2. The average Bonchev–Trinajstić information content (AvgIpc) is 2.54. The van der Waals surface area contributed by atoms with Crippen molar-refractivity contribution in [3.63, 3.8) is 0 Å². The number of rotatable bonds is 5. The maximum atomic E-state index is 12.4. The molecule has 1 aromatic heterocycles. The fraction of sp³-hybridized carbons (Fsp3) is 0.562. The number of nitrogens with one attached hydrogen (secondary N) is 1.